The molecule has 0 amide bonds. The van der Waals surface area contributed by atoms with E-state index in [1.807, 2.05) is 6.92 Å². The van der Waals surface area contributed by atoms with E-state index in [9.17, 15) is 5.11 Å². The van der Waals surface area contributed by atoms with Crippen molar-refractivity contribution in [2.75, 3.05) is 0 Å². The Hall–Kier alpha value is -0.820. The van der Waals surface area contributed by atoms with Crippen LogP contribution in [0.3, 0.4) is 0 Å². The summed E-state index contributed by atoms with van der Waals surface area (Å²) in [7, 11) is 0. The van der Waals surface area contributed by atoms with Crippen molar-refractivity contribution < 1.29 is 5.11 Å². The predicted octanol–water partition coefficient (Wildman–Crippen LogP) is 3.69. The van der Waals surface area contributed by atoms with Gasteiger partial charge < -0.3 is 5.11 Å². The van der Waals surface area contributed by atoms with Gasteiger partial charge in [-0.2, -0.15) is 0 Å². The number of aliphatic hydroxyl groups is 1. The molecule has 1 aromatic rings. The molecule has 0 aliphatic carbocycles. The lowest BCUT2D eigenvalue weighted by Crippen LogP contribution is -2.30. The molecule has 1 unspecified atom stereocenters. The molecule has 1 rings (SSSR count). The third kappa shape index (κ3) is 3.08. The van der Waals surface area contributed by atoms with Crippen LogP contribution in [0, 0.1) is 0 Å². The molecule has 0 spiro atoms. The van der Waals surface area contributed by atoms with Gasteiger partial charge in [0.05, 0.1) is 6.10 Å². The molecule has 0 saturated carbocycles. The maximum Gasteiger partial charge on any atom is 0.0603 e. The third-order valence-electron chi connectivity index (χ3n) is 3.56. The van der Waals surface area contributed by atoms with E-state index in [0.29, 0.717) is 0 Å². The molecular formula is C15H24O. The van der Waals surface area contributed by atoms with Gasteiger partial charge in [0.25, 0.3) is 0 Å². The molecule has 1 nitrogen and oxygen atoms in total. The van der Waals surface area contributed by atoms with Gasteiger partial charge in [-0.1, -0.05) is 51.5 Å². The van der Waals surface area contributed by atoms with Crippen molar-refractivity contribution in [3.05, 3.63) is 35.4 Å². The van der Waals surface area contributed by atoms with Crippen molar-refractivity contribution in [1.82, 2.24) is 0 Å². The molecule has 0 heterocycles. The maximum absolute atomic E-state index is 9.74. The lowest BCUT2D eigenvalue weighted by molar-refractivity contribution is 0.118. The molecule has 0 aliphatic rings. The topological polar surface area (TPSA) is 20.2 Å². The van der Waals surface area contributed by atoms with Crippen LogP contribution in [0.15, 0.2) is 24.3 Å². The van der Waals surface area contributed by atoms with Gasteiger partial charge in [0, 0.05) is 5.41 Å². The Morgan fingerprint density at radius 3 is 2.19 bits per heavy atom. The normalized spacial score (nSPS) is 13.8. The zero-order valence-corrected chi connectivity index (χ0v) is 11.0. The number of rotatable bonds is 5. The Morgan fingerprint density at radius 2 is 1.75 bits per heavy atom. The summed E-state index contributed by atoms with van der Waals surface area (Å²) >= 11 is 0. The fourth-order valence-corrected chi connectivity index (χ4v) is 1.72. The first kappa shape index (κ1) is 13.2. The lowest BCUT2D eigenvalue weighted by atomic mass is 9.80. The summed E-state index contributed by atoms with van der Waals surface area (Å²) < 4.78 is 0. The van der Waals surface area contributed by atoms with Crippen LogP contribution in [0.4, 0.5) is 0 Å². The van der Waals surface area contributed by atoms with Gasteiger partial charge in [-0.05, 0) is 30.9 Å². The molecular weight excluding hydrogens is 196 g/mol. The first-order valence-electron chi connectivity index (χ1n) is 6.26. The Morgan fingerprint density at radius 1 is 1.19 bits per heavy atom. The molecule has 0 bridgehead atoms. The molecule has 1 aromatic carbocycles. The molecule has 1 atom stereocenters. The molecule has 90 valence electrons. The number of benzene rings is 1. The third-order valence-corrected chi connectivity index (χ3v) is 3.56. The quantitative estimate of drug-likeness (QED) is 0.802. The Kier molecular flexibility index (Phi) is 4.55. The fraction of sp³-hybridized carbons (Fsp3) is 0.600. The van der Waals surface area contributed by atoms with Crippen molar-refractivity contribution in [1.29, 1.82) is 0 Å². The van der Waals surface area contributed by atoms with Crippen LogP contribution in [0.1, 0.15) is 51.7 Å². The smallest absolute Gasteiger partial charge is 0.0603 e. The maximum atomic E-state index is 9.74. The number of hydrogen-bond donors (Lipinski definition) is 1. The van der Waals surface area contributed by atoms with Gasteiger partial charge in [-0.25, -0.2) is 0 Å². The van der Waals surface area contributed by atoms with Crippen LogP contribution in [0.2, 0.25) is 0 Å². The van der Waals surface area contributed by atoms with Crippen LogP contribution in [-0.4, -0.2) is 11.2 Å². The minimum Gasteiger partial charge on any atom is -0.393 e. The van der Waals surface area contributed by atoms with Gasteiger partial charge in [0.15, 0.2) is 0 Å². The second kappa shape index (κ2) is 5.49. The van der Waals surface area contributed by atoms with Gasteiger partial charge >= 0.3 is 0 Å². The van der Waals surface area contributed by atoms with Gasteiger partial charge in [-0.15, -0.1) is 0 Å². The van der Waals surface area contributed by atoms with Crippen molar-refractivity contribution in [2.24, 2.45) is 0 Å². The van der Waals surface area contributed by atoms with Crippen molar-refractivity contribution >= 4 is 0 Å². The van der Waals surface area contributed by atoms with E-state index >= 15 is 0 Å². The minimum atomic E-state index is -0.325. The average molecular weight is 220 g/mol. The highest BCUT2D eigenvalue weighted by molar-refractivity contribution is 5.29. The van der Waals surface area contributed by atoms with E-state index in [1.54, 1.807) is 0 Å². The number of unbranched alkanes of at least 4 members (excludes halogenated alkanes) is 1. The minimum absolute atomic E-state index is 0.163. The van der Waals surface area contributed by atoms with E-state index < -0.39 is 0 Å². The van der Waals surface area contributed by atoms with E-state index in [-0.39, 0.29) is 11.5 Å². The average Bonchev–Trinajstić information content (AvgIpc) is 2.26. The van der Waals surface area contributed by atoms with Crippen molar-refractivity contribution in [2.45, 2.75) is 58.5 Å². The summed E-state index contributed by atoms with van der Waals surface area (Å²) in [6, 6.07) is 8.68. The van der Waals surface area contributed by atoms with Crippen LogP contribution >= 0.6 is 0 Å². The SMILES string of the molecule is CCCCc1ccc(C(C)(C)C(C)O)cc1. The molecule has 0 fully saturated rings. The standard InChI is InChI=1S/C15H24O/c1-5-6-7-13-8-10-14(11-9-13)15(3,4)12(2)16/h8-12,16H,5-7H2,1-4H3. The summed E-state index contributed by atoms with van der Waals surface area (Å²) in [5.41, 5.74) is 2.44. The molecule has 1 heteroatoms. The van der Waals surface area contributed by atoms with Crippen molar-refractivity contribution in [3.8, 4) is 0 Å². The molecule has 0 aromatic heterocycles. The first-order chi connectivity index (χ1) is 7.48. The fourth-order valence-electron chi connectivity index (χ4n) is 1.72. The van der Waals surface area contributed by atoms with Crippen molar-refractivity contribution in [3.63, 3.8) is 0 Å². The molecule has 0 saturated heterocycles. The highest BCUT2D eigenvalue weighted by Crippen LogP contribution is 2.27. The summed E-state index contributed by atoms with van der Waals surface area (Å²) in [6.07, 6.45) is 3.32. The second-order valence-corrected chi connectivity index (χ2v) is 5.20. The first-order valence-corrected chi connectivity index (χ1v) is 6.26. The van der Waals surface area contributed by atoms with E-state index in [1.165, 1.54) is 24.0 Å². The summed E-state index contributed by atoms with van der Waals surface area (Å²) in [4.78, 5) is 0. The van der Waals surface area contributed by atoms with Gasteiger partial charge in [-0.3, -0.25) is 0 Å². The zero-order valence-electron chi connectivity index (χ0n) is 11.0. The summed E-state index contributed by atoms with van der Waals surface area (Å²) in [5.74, 6) is 0. The highest BCUT2D eigenvalue weighted by Gasteiger charge is 2.25. The lowest BCUT2D eigenvalue weighted by Gasteiger charge is -2.28. The highest BCUT2D eigenvalue weighted by atomic mass is 16.3. The molecule has 0 aliphatic heterocycles. The van der Waals surface area contributed by atoms with Crippen LogP contribution < -0.4 is 0 Å². The summed E-state index contributed by atoms with van der Waals surface area (Å²) in [6.45, 7) is 8.23. The predicted molar refractivity (Wildman–Crippen MR) is 69.8 cm³/mol. The van der Waals surface area contributed by atoms with E-state index in [4.69, 9.17) is 0 Å². The molecule has 1 N–H and O–H groups in total. The number of aryl methyl sites for hydroxylation is 1. The number of aliphatic hydroxyl groups excluding tert-OH is 1. The van der Waals surface area contributed by atoms with Gasteiger partial charge in [0.2, 0.25) is 0 Å². The monoisotopic (exact) mass is 220 g/mol. The Bertz CT molecular complexity index is 309. The second-order valence-electron chi connectivity index (χ2n) is 5.20. The largest absolute Gasteiger partial charge is 0.393 e. The Balaban J connectivity index is 2.78. The van der Waals surface area contributed by atoms with Gasteiger partial charge in [0.1, 0.15) is 0 Å². The van der Waals surface area contributed by atoms with E-state index in [2.05, 4.69) is 45.0 Å². The van der Waals surface area contributed by atoms with Crippen LogP contribution in [0.5, 0.6) is 0 Å². The Labute approximate surface area is 99.5 Å². The molecule has 16 heavy (non-hydrogen) atoms. The van der Waals surface area contributed by atoms with Crippen LogP contribution in [0.25, 0.3) is 0 Å². The van der Waals surface area contributed by atoms with Crippen LogP contribution in [-0.2, 0) is 11.8 Å². The van der Waals surface area contributed by atoms with E-state index in [0.717, 1.165) is 6.42 Å². The summed E-state index contributed by atoms with van der Waals surface area (Å²) in [5, 5.41) is 9.74. The molecule has 0 radical (unpaired) electrons. The zero-order chi connectivity index (χ0) is 12.2. The number of hydrogen-bond acceptors (Lipinski definition) is 1.